The van der Waals surface area contributed by atoms with Crippen molar-refractivity contribution in [3.63, 3.8) is 0 Å². The Bertz CT molecular complexity index is 829. The van der Waals surface area contributed by atoms with Crippen LogP contribution in [0, 0.1) is 0 Å². The summed E-state index contributed by atoms with van der Waals surface area (Å²) in [6, 6.07) is 8.28. The predicted octanol–water partition coefficient (Wildman–Crippen LogP) is 2.07. The topological polar surface area (TPSA) is 106 Å². The minimum Gasteiger partial charge on any atom is -0.467 e. The number of carbonyl (C=O) groups excluding carboxylic acids is 3. The Balaban J connectivity index is 1.79. The molecule has 0 bridgehead atoms. The molecule has 3 rings (SSSR count). The normalized spacial score (nSPS) is 14.2. The fraction of sp³-hybridized carbons (Fsp3) is 0.316. The summed E-state index contributed by atoms with van der Waals surface area (Å²) < 4.78 is 5.31. The van der Waals surface area contributed by atoms with Crippen molar-refractivity contribution in [2.45, 2.75) is 38.9 Å². The van der Waals surface area contributed by atoms with E-state index in [1.807, 2.05) is 18.2 Å². The summed E-state index contributed by atoms with van der Waals surface area (Å²) in [7, 11) is 0. The maximum Gasteiger partial charge on any atom is 0.255 e. The van der Waals surface area contributed by atoms with Crippen LogP contribution in [0.1, 0.15) is 41.4 Å². The minimum absolute atomic E-state index is 0.0405. The number of hydrogen-bond acceptors (Lipinski definition) is 5. The lowest BCUT2D eigenvalue weighted by Gasteiger charge is -2.24. The van der Waals surface area contributed by atoms with Crippen LogP contribution < -0.4 is 11.1 Å². The van der Waals surface area contributed by atoms with Gasteiger partial charge in [-0.1, -0.05) is 6.07 Å². The SMILES string of the molecule is CC(=O)CCC(C(N)=O)N1Cc2c(NCc3ccco3)cccc2C1=O. The van der Waals surface area contributed by atoms with Gasteiger partial charge in [0.1, 0.15) is 17.6 Å². The minimum atomic E-state index is -0.795. The van der Waals surface area contributed by atoms with Crippen LogP contribution in [0.3, 0.4) is 0 Å². The zero-order valence-electron chi connectivity index (χ0n) is 14.5. The third kappa shape index (κ3) is 3.61. The highest BCUT2D eigenvalue weighted by molar-refractivity contribution is 6.02. The van der Waals surface area contributed by atoms with Gasteiger partial charge in [0.05, 0.1) is 12.8 Å². The van der Waals surface area contributed by atoms with Gasteiger partial charge in [0.25, 0.3) is 5.91 Å². The van der Waals surface area contributed by atoms with Crippen LogP contribution in [0.15, 0.2) is 41.0 Å². The fourth-order valence-corrected chi connectivity index (χ4v) is 3.16. The molecule has 0 saturated carbocycles. The molecule has 1 aromatic heterocycles. The van der Waals surface area contributed by atoms with Gasteiger partial charge in [0, 0.05) is 29.8 Å². The van der Waals surface area contributed by atoms with Crippen LogP contribution in [0.5, 0.6) is 0 Å². The van der Waals surface area contributed by atoms with Crippen LogP contribution in [0.4, 0.5) is 5.69 Å². The van der Waals surface area contributed by atoms with Gasteiger partial charge in [-0.15, -0.1) is 0 Å². The molecule has 7 heteroatoms. The first-order valence-electron chi connectivity index (χ1n) is 8.45. The molecule has 1 aliphatic rings. The van der Waals surface area contributed by atoms with E-state index in [0.29, 0.717) is 12.1 Å². The van der Waals surface area contributed by atoms with Crippen molar-refractivity contribution in [2.75, 3.05) is 5.32 Å². The van der Waals surface area contributed by atoms with E-state index in [0.717, 1.165) is 17.0 Å². The van der Waals surface area contributed by atoms with Crippen molar-refractivity contribution in [3.05, 3.63) is 53.5 Å². The highest BCUT2D eigenvalue weighted by Crippen LogP contribution is 2.31. The molecule has 7 nitrogen and oxygen atoms in total. The molecular weight excluding hydrogens is 334 g/mol. The van der Waals surface area contributed by atoms with E-state index in [1.54, 1.807) is 18.4 Å². The maximum atomic E-state index is 12.8. The van der Waals surface area contributed by atoms with E-state index >= 15 is 0 Å². The number of anilines is 1. The molecule has 0 fully saturated rings. The molecule has 0 aliphatic carbocycles. The summed E-state index contributed by atoms with van der Waals surface area (Å²) >= 11 is 0. The molecule has 0 spiro atoms. The van der Waals surface area contributed by atoms with Gasteiger partial charge in [-0.3, -0.25) is 9.59 Å². The van der Waals surface area contributed by atoms with Crippen LogP contribution in [-0.4, -0.2) is 28.5 Å². The lowest BCUT2D eigenvalue weighted by molar-refractivity contribution is -0.123. The average Bonchev–Trinajstić information content (AvgIpc) is 3.22. The monoisotopic (exact) mass is 355 g/mol. The van der Waals surface area contributed by atoms with Crippen LogP contribution >= 0.6 is 0 Å². The Morgan fingerprint density at radius 3 is 2.77 bits per heavy atom. The molecule has 1 unspecified atom stereocenters. The number of Topliss-reactive ketones (excluding diaryl/α,β-unsaturated/α-hetero) is 1. The molecule has 136 valence electrons. The second kappa shape index (κ2) is 7.43. The van der Waals surface area contributed by atoms with Crippen molar-refractivity contribution >= 4 is 23.3 Å². The van der Waals surface area contributed by atoms with Gasteiger partial charge in [0.2, 0.25) is 5.91 Å². The lowest BCUT2D eigenvalue weighted by Crippen LogP contribution is -2.45. The molecule has 2 heterocycles. The quantitative estimate of drug-likeness (QED) is 0.754. The molecule has 0 radical (unpaired) electrons. The fourth-order valence-electron chi connectivity index (χ4n) is 3.16. The first kappa shape index (κ1) is 17.7. The summed E-state index contributed by atoms with van der Waals surface area (Å²) in [4.78, 5) is 37.3. The number of fused-ring (bicyclic) bond motifs is 1. The van der Waals surface area contributed by atoms with Crippen molar-refractivity contribution in [1.82, 2.24) is 4.90 Å². The number of primary amides is 1. The Morgan fingerprint density at radius 2 is 2.12 bits per heavy atom. The second-order valence-electron chi connectivity index (χ2n) is 6.36. The number of rotatable bonds is 8. The number of nitrogens with two attached hydrogens (primary N) is 1. The van der Waals surface area contributed by atoms with E-state index < -0.39 is 11.9 Å². The van der Waals surface area contributed by atoms with E-state index in [-0.39, 0.29) is 31.1 Å². The smallest absolute Gasteiger partial charge is 0.255 e. The third-order valence-corrected chi connectivity index (χ3v) is 4.50. The van der Waals surface area contributed by atoms with Crippen LogP contribution in [0.25, 0.3) is 0 Å². The zero-order chi connectivity index (χ0) is 18.7. The standard InChI is InChI=1S/C19H21N3O4/c1-12(23)7-8-17(18(20)24)22-11-15-14(19(22)25)5-2-6-16(15)21-10-13-4-3-9-26-13/h2-6,9,17,21H,7-8,10-11H2,1H3,(H2,20,24). The van der Waals surface area contributed by atoms with E-state index in [9.17, 15) is 14.4 Å². The van der Waals surface area contributed by atoms with E-state index in [1.165, 1.54) is 11.8 Å². The highest BCUT2D eigenvalue weighted by Gasteiger charge is 2.36. The summed E-state index contributed by atoms with van der Waals surface area (Å²) in [6.07, 6.45) is 2.04. The van der Waals surface area contributed by atoms with Crippen LogP contribution in [0.2, 0.25) is 0 Å². The molecule has 2 aromatic rings. The average molecular weight is 355 g/mol. The number of benzene rings is 1. The molecule has 3 N–H and O–H groups in total. The molecule has 1 aromatic carbocycles. The number of carbonyl (C=O) groups is 3. The van der Waals surface area contributed by atoms with Gasteiger partial charge in [-0.05, 0) is 37.6 Å². The van der Waals surface area contributed by atoms with Crippen molar-refractivity contribution in [1.29, 1.82) is 0 Å². The number of nitrogens with zero attached hydrogens (tertiary/aromatic N) is 1. The molecule has 2 amide bonds. The third-order valence-electron chi connectivity index (χ3n) is 4.50. The molecule has 1 atom stereocenters. The molecule has 0 saturated heterocycles. The first-order chi connectivity index (χ1) is 12.5. The zero-order valence-corrected chi connectivity index (χ0v) is 14.5. The van der Waals surface area contributed by atoms with Gasteiger partial charge < -0.3 is 25.2 Å². The lowest BCUT2D eigenvalue weighted by atomic mass is 10.1. The Morgan fingerprint density at radius 1 is 1.31 bits per heavy atom. The number of furan rings is 1. The van der Waals surface area contributed by atoms with Crippen LogP contribution in [-0.2, 0) is 22.7 Å². The summed E-state index contributed by atoms with van der Waals surface area (Å²) in [5.74, 6) is -0.104. The number of nitrogens with one attached hydrogen (secondary N) is 1. The predicted molar refractivity (Wildman–Crippen MR) is 95.2 cm³/mol. The summed E-state index contributed by atoms with van der Waals surface area (Å²) in [6.45, 7) is 2.22. The second-order valence-corrected chi connectivity index (χ2v) is 6.36. The first-order valence-corrected chi connectivity index (χ1v) is 8.45. The van der Waals surface area contributed by atoms with Crippen molar-refractivity contribution in [2.24, 2.45) is 5.73 Å². The Labute approximate surface area is 151 Å². The summed E-state index contributed by atoms with van der Waals surface area (Å²) in [5.41, 5.74) is 7.66. The molecule has 26 heavy (non-hydrogen) atoms. The van der Waals surface area contributed by atoms with Gasteiger partial charge in [-0.25, -0.2) is 0 Å². The van der Waals surface area contributed by atoms with Gasteiger partial charge in [-0.2, -0.15) is 0 Å². The number of ketones is 1. The largest absolute Gasteiger partial charge is 0.467 e. The summed E-state index contributed by atoms with van der Waals surface area (Å²) in [5, 5.41) is 3.26. The van der Waals surface area contributed by atoms with E-state index in [2.05, 4.69) is 5.32 Å². The number of hydrogen-bond donors (Lipinski definition) is 2. The Kier molecular flexibility index (Phi) is 5.06. The molecular formula is C19H21N3O4. The van der Waals surface area contributed by atoms with Crippen molar-refractivity contribution in [3.8, 4) is 0 Å². The maximum absolute atomic E-state index is 12.8. The van der Waals surface area contributed by atoms with Gasteiger partial charge >= 0.3 is 0 Å². The molecule has 1 aliphatic heterocycles. The highest BCUT2D eigenvalue weighted by atomic mass is 16.3. The number of amides is 2. The van der Waals surface area contributed by atoms with E-state index in [4.69, 9.17) is 10.2 Å². The Hall–Kier alpha value is -3.09. The van der Waals surface area contributed by atoms with Gasteiger partial charge in [0.15, 0.2) is 0 Å². The van der Waals surface area contributed by atoms with Crippen molar-refractivity contribution < 1.29 is 18.8 Å².